The van der Waals surface area contributed by atoms with Crippen LogP contribution in [-0.4, -0.2) is 5.11 Å². The molecule has 0 aliphatic rings. The molecular formula is C14H24O2. The molecule has 92 valence electrons. The molecule has 0 aliphatic carbocycles. The highest BCUT2D eigenvalue weighted by Crippen LogP contribution is 2.22. The molecule has 0 saturated heterocycles. The van der Waals surface area contributed by atoms with Crippen molar-refractivity contribution in [2.24, 2.45) is 0 Å². The first kappa shape index (κ1) is 13.3. The van der Waals surface area contributed by atoms with E-state index in [1.807, 2.05) is 12.1 Å². The van der Waals surface area contributed by atoms with Crippen LogP contribution >= 0.6 is 0 Å². The summed E-state index contributed by atoms with van der Waals surface area (Å²) in [4.78, 5) is 0. The van der Waals surface area contributed by atoms with E-state index in [-0.39, 0.29) is 0 Å². The van der Waals surface area contributed by atoms with Gasteiger partial charge in [0, 0.05) is 6.42 Å². The molecule has 0 amide bonds. The zero-order valence-corrected chi connectivity index (χ0v) is 10.5. The molecule has 1 aromatic heterocycles. The van der Waals surface area contributed by atoms with E-state index < -0.39 is 6.10 Å². The minimum Gasteiger partial charge on any atom is -0.463 e. The van der Waals surface area contributed by atoms with Crippen molar-refractivity contribution < 1.29 is 9.52 Å². The lowest BCUT2D eigenvalue weighted by Crippen LogP contribution is -1.95. The van der Waals surface area contributed by atoms with Crippen LogP contribution in [0.4, 0.5) is 0 Å². The minimum atomic E-state index is -0.415. The van der Waals surface area contributed by atoms with E-state index in [0.29, 0.717) is 0 Å². The first-order valence-corrected chi connectivity index (χ1v) is 6.54. The molecule has 2 heteroatoms. The van der Waals surface area contributed by atoms with E-state index in [1.54, 1.807) is 0 Å². The van der Waals surface area contributed by atoms with Crippen molar-refractivity contribution in [1.29, 1.82) is 0 Å². The van der Waals surface area contributed by atoms with E-state index in [1.165, 1.54) is 25.7 Å². The summed E-state index contributed by atoms with van der Waals surface area (Å²) in [5, 5.41) is 9.89. The normalized spacial score (nSPS) is 12.9. The van der Waals surface area contributed by atoms with Crippen molar-refractivity contribution in [1.82, 2.24) is 0 Å². The topological polar surface area (TPSA) is 33.4 Å². The molecule has 1 aromatic rings. The standard InChI is InChI=1S/C14H24O2/c1-3-5-6-7-8-9-13(15)14-11-10-12(4-2)16-14/h10-11,13,15H,3-9H2,1-2H3. The van der Waals surface area contributed by atoms with Crippen LogP contribution in [0.1, 0.15) is 70.0 Å². The van der Waals surface area contributed by atoms with Gasteiger partial charge in [0.2, 0.25) is 0 Å². The molecule has 0 bridgehead atoms. The van der Waals surface area contributed by atoms with Crippen LogP contribution in [-0.2, 0) is 6.42 Å². The molecule has 2 nitrogen and oxygen atoms in total. The van der Waals surface area contributed by atoms with Crippen LogP contribution in [0.5, 0.6) is 0 Å². The molecule has 0 aliphatic heterocycles. The summed E-state index contributed by atoms with van der Waals surface area (Å²) in [6.45, 7) is 4.27. The van der Waals surface area contributed by atoms with Gasteiger partial charge in [-0.1, -0.05) is 46.0 Å². The third-order valence-electron chi connectivity index (χ3n) is 2.94. The van der Waals surface area contributed by atoms with Gasteiger partial charge in [-0.15, -0.1) is 0 Å². The first-order valence-electron chi connectivity index (χ1n) is 6.54. The maximum Gasteiger partial charge on any atom is 0.132 e. The molecule has 1 N–H and O–H groups in total. The van der Waals surface area contributed by atoms with Crippen molar-refractivity contribution >= 4 is 0 Å². The minimum absolute atomic E-state index is 0.415. The maximum atomic E-state index is 9.89. The molecule has 1 unspecified atom stereocenters. The molecule has 0 spiro atoms. The molecule has 0 aromatic carbocycles. The summed E-state index contributed by atoms with van der Waals surface area (Å²) in [6.07, 6.45) is 7.44. The van der Waals surface area contributed by atoms with E-state index >= 15 is 0 Å². The van der Waals surface area contributed by atoms with Crippen LogP contribution in [0.15, 0.2) is 16.5 Å². The van der Waals surface area contributed by atoms with Crippen molar-refractivity contribution in [3.8, 4) is 0 Å². The van der Waals surface area contributed by atoms with Gasteiger partial charge >= 0.3 is 0 Å². The van der Waals surface area contributed by atoms with Gasteiger partial charge in [-0.25, -0.2) is 0 Å². The number of hydrogen-bond acceptors (Lipinski definition) is 2. The Bertz CT molecular complexity index is 278. The molecule has 1 atom stereocenters. The monoisotopic (exact) mass is 224 g/mol. The summed E-state index contributed by atoms with van der Waals surface area (Å²) < 4.78 is 5.52. The number of aryl methyl sites for hydroxylation is 1. The fourth-order valence-corrected chi connectivity index (χ4v) is 1.85. The Kier molecular flexibility index (Phi) is 6.24. The Morgan fingerprint density at radius 2 is 1.88 bits per heavy atom. The second-order valence-corrected chi connectivity index (χ2v) is 4.38. The van der Waals surface area contributed by atoms with Crippen LogP contribution < -0.4 is 0 Å². The van der Waals surface area contributed by atoms with Gasteiger partial charge in [0.25, 0.3) is 0 Å². The van der Waals surface area contributed by atoms with Gasteiger partial charge in [0.1, 0.15) is 17.6 Å². The van der Waals surface area contributed by atoms with Crippen molar-refractivity contribution in [2.75, 3.05) is 0 Å². The fourth-order valence-electron chi connectivity index (χ4n) is 1.85. The first-order chi connectivity index (χ1) is 7.77. The second-order valence-electron chi connectivity index (χ2n) is 4.38. The molecule has 0 fully saturated rings. The van der Waals surface area contributed by atoms with Crippen molar-refractivity contribution in [2.45, 2.75) is 64.9 Å². The highest BCUT2D eigenvalue weighted by atomic mass is 16.4. The number of hydrogen-bond donors (Lipinski definition) is 1. The van der Waals surface area contributed by atoms with Gasteiger partial charge in [-0.3, -0.25) is 0 Å². The average Bonchev–Trinajstić information content (AvgIpc) is 2.77. The summed E-state index contributed by atoms with van der Waals surface area (Å²) in [6, 6.07) is 3.85. The lowest BCUT2D eigenvalue weighted by molar-refractivity contribution is 0.135. The van der Waals surface area contributed by atoms with E-state index in [2.05, 4.69) is 13.8 Å². The van der Waals surface area contributed by atoms with Crippen molar-refractivity contribution in [3.63, 3.8) is 0 Å². The lowest BCUT2D eigenvalue weighted by Gasteiger charge is -2.07. The SMILES string of the molecule is CCCCCCCC(O)c1ccc(CC)o1. The molecule has 16 heavy (non-hydrogen) atoms. The smallest absolute Gasteiger partial charge is 0.132 e. The Hall–Kier alpha value is -0.760. The molecule has 1 rings (SSSR count). The van der Waals surface area contributed by atoms with Crippen molar-refractivity contribution in [3.05, 3.63) is 23.7 Å². The van der Waals surface area contributed by atoms with E-state index in [0.717, 1.165) is 30.8 Å². The predicted molar refractivity (Wildman–Crippen MR) is 66.4 cm³/mol. The fraction of sp³-hybridized carbons (Fsp3) is 0.714. The molecule has 1 heterocycles. The quantitative estimate of drug-likeness (QED) is 0.670. The Balaban J connectivity index is 2.21. The third kappa shape index (κ3) is 4.40. The van der Waals surface area contributed by atoms with Gasteiger partial charge in [0.05, 0.1) is 0 Å². The Morgan fingerprint density at radius 1 is 1.12 bits per heavy atom. The van der Waals surface area contributed by atoms with Gasteiger partial charge in [-0.05, 0) is 18.6 Å². The summed E-state index contributed by atoms with van der Waals surface area (Å²) in [7, 11) is 0. The largest absolute Gasteiger partial charge is 0.463 e. The van der Waals surface area contributed by atoms with E-state index in [9.17, 15) is 5.11 Å². The summed E-state index contributed by atoms with van der Waals surface area (Å²) >= 11 is 0. The number of aliphatic hydroxyl groups is 1. The highest BCUT2D eigenvalue weighted by Gasteiger charge is 2.11. The maximum absolute atomic E-state index is 9.89. The van der Waals surface area contributed by atoms with Crippen LogP contribution in [0, 0.1) is 0 Å². The van der Waals surface area contributed by atoms with E-state index in [4.69, 9.17) is 4.42 Å². The number of unbranched alkanes of at least 4 members (excludes halogenated alkanes) is 4. The van der Waals surface area contributed by atoms with Gasteiger partial charge in [0.15, 0.2) is 0 Å². The zero-order valence-electron chi connectivity index (χ0n) is 10.5. The predicted octanol–water partition coefficient (Wildman–Crippen LogP) is 4.24. The van der Waals surface area contributed by atoms with Crippen LogP contribution in [0.2, 0.25) is 0 Å². The number of rotatable bonds is 8. The summed E-state index contributed by atoms with van der Waals surface area (Å²) in [5.74, 6) is 1.69. The third-order valence-corrected chi connectivity index (χ3v) is 2.94. The summed E-state index contributed by atoms with van der Waals surface area (Å²) in [5.41, 5.74) is 0. The highest BCUT2D eigenvalue weighted by molar-refractivity contribution is 5.09. The number of aliphatic hydroxyl groups excluding tert-OH is 1. The van der Waals surface area contributed by atoms with Gasteiger partial charge in [-0.2, -0.15) is 0 Å². The lowest BCUT2D eigenvalue weighted by atomic mass is 10.1. The zero-order chi connectivity index (χ0) is 11.8. The average molecular weight is 224 g/mol. The molecule has 0 saturated carbocycles. The Morgan fingerprint density at radius 3 is 2.50 bits per heavy atom. The Labute approximate surface area is 98.7 Å². The van der Waals surface area contributed by atoms with Crippen LogP contribution in [0.25, 0.3) is 0 Å². The van der Waals surface area contributed by atoms with Crippen LogP contribution in [0.3, 0.4) is 0 Å². The molecule has 0 radical (unpaired) electrons. The second kappa shape index (κ2) is 7.50. The van der Waals surface area contributed by atoms with Gasteiger partial charge < -0.3 is 9.52 Å². The molecular weight excluding hydrogens is 200 g/mol. The number of furan rings is 1.